The summed E-state index contributed by atoms with van der Waals surface area (Å²) in [4.78, 5) is 35.1. The van der Waals surface area contributed by atoms with Crippen LogP contribution in [0.1, 0.15) is 158 Å². The summed E-state index contributed by atoms with van der Waals surface area (Å²) in [5, 5.41) is 48.9. The number of nitrogens with zero attached hydrogens (tertiary/aromatic N) is 12. The molecule has 2 aliphatic carbocycles. The normalized spacial score (nSPS) is 14.8. The summed E-state index contributed by atoms with van der Waals surface area (Å²) < 4.78 is 68.7. The van der Waals surface area contributed by atoms with Crippen LogP contribution in [0.15, 0.2) is 178 Å². The number of nitrogens with one attached hydrogen (secondary N) is 5. The van der Waals surface area contributed by atoms with Crippen LogP contribution >= 0.6 is 54.5 Å². The van der Waals surface area contributed by atoms with Gasteiger partial charge in [0.25, 0.3) is 0 Å². The molecule has 13 N–H and O–H groups in total. The number of aryl methyl sites for hydroxylation is 3. The van der Waals surface area contributed by atoms with Crippen molar-refractivity contribution in [2.45, 2.75) is 179 Å². The number of thiazole rings is 2. The fourth-order valence-corrected chi connectivity index (χ4v) is 16.5. The van der Waals surface area contributed by atoms with Crippen LogP contribution in [0.3, 0.4) is 0 Å². The van der Waals surface area contributed by atoms with Crippen molar-refractivity contribution < 1.29 is 35.9 Å². The lowest BCUT2D eigenvalue weighted by Gasteiger charge is -2.28. The Morgan fingerprint density at radius 3 is 1.33 bits per heavy atom. The molecular weight excluding hydrogens is 1660 g/mol. The Labute approximate surface area is 694 Å². The molecule has 2 fully saturated rings. The van der Waals surface area contributed by atoms with E-state index >= 15 is 0 Å². The number of anilines is 6. The number of benzene rings is 3. The van der Waals surface area contributed by atoms with Gasteiger partial charge in [0.1, 0.15) is 27.9 Å². The highest BCUT2D eigenvalue weighted by Gasteiger charge is 2.30. The maximum atomic E-state index is 13.2. The predicted molar refractivity (Wildman–Crippen MR) is 463 cm³/mol. The average Bonchev–Trinajstić information content (AvgIpc) is 1.51. The van der Waals surface area contributed by atoms with Crippen molar-refractivity contribution in [2.75, 3.05) is 41.3 Å². The van der Waals surface area contributed by atoms with Crippen molar-refractivity contribution in [3.8, 4) is 20.9 Å². The maximum absolute atomic E-state index is 13.2. The number of sulfonamides is 2. The van der Waals surface area contributed by atoms with Crippen LogP contribution in [0.2, 0.25) is 0 Å². The first kappa shape index (κ1) is 93.0. The van der Waals surface area contributed by atoms with Crippen molar-refractivity contribution in [2.24, 2.45) is 0 Å². The van der Waals surface area contributed by atoms with Crippen molar-refractivity contribution in [3.63, 3.8) is 0 Å². The molecule has 29 nitrogen and oxygen atoms in total. The Morgan fingerprint density at radius 2 is 0.956 bits per heavy atom. The highest BCUT2D eigenvalue weighted by atomic mass is 79.9. The summed E-state index contributed by atoms with van der Waals surface area (Å²) in [5.74, 6) is 4.72. The van der Waals surface area contributed by atoms with Crippen LogP contribution in [-0.2, 0) is 48.8 Å². The minimum absolute atomic E-state index is 0.0895. The molecule has 607 valence electrons. The maximum Gasteiger partial charge on any atom is 0.407 e. The van der Waals surface area contributed by atoms with E-state index in [9.17, 15) is 26.4 Å². The molecule has 0 saturated heterocycles. The third-order valence-corrected chi connectivity index (χ3v) is 22.9. The second-order valence-electron chi connectivity index (χ2n) is 25.9. The molecule has 1 radical (unpaired) electrons. The molecule has 0 atom stereocenters. The number of halogens is 2. The van der Waals surface area contributed by atoms with Gasteiger partial charge >= 0.3 is 12.2 Å². The van der Waals surface area contributed by atoms with Crippen LogP contribution in [-0.4, -0.2) is 135 Å². The van der Waals surface area contributed by atoms with Crippen molar-refractivity contribution >= 4 is 140 Å². The highest BCUT2D eigenvalue weighted by Crippen LogP contribution is 2.42. The molecule has 0 spiro atoms. The number of nitrogen functional groups attached to an aromatic ring is 4. The van der Waals surface area contributed by atoms with Crippen LogP contribution in [0.4, 0.5) is 44.4 Å². The molecule has 36 heteroatoms. The number of carbonyl (C=O) groups is 2. The summed E-state index contributed by atoms with van der Waals surface area (Å²) >= 11 is 9.55. The van der Waals surface area contributed by atoms with E-state index in [1.54, 1.807) is 92.9 Å². The number of nitrogens with two attached hydrogens (primary N) is 4. The Balaban J connectivity index is 0.000000234. The zero-order valence-electron chi connectivity index (χ0n) is 65.4. The van der Waals surface area contributed by atoms with Gasteiger partial charge in [-0.05, 0) is 205 Å². The van der Waals surface area contributed by atoms with Gasteiger partial charge in [0.2, 0.25) is 20.0 Å². The molecule has 2 amide bonds. The quantitative estimate of drug-likeness (QED) is 0.0285. The first-order valence-corrected chi connectivity index (χ1v) is 43.3. The Bertz CT molecular complexity index is 4730. The van der Waals surface area contributed by atoms with E-state index in [4.69, 9.17) is 32.4 Å². The van der Waals surface area contributed by atoms with Gasteiger partial charge < -0.3 is 48.4 Å². The molecule has 0 aliphatic heterocycles. The standard InChI is InChI=1S/C27H36N6O4S2.C21H28BrN3O4S2.C8H8B.2C6H9N3.C6H7N3.C4H4BrN3/c1-5-19-12-14-25(33-32-19)30-21-11-13-22(24(15-21)39(35,36)29-6-2)23-16-28-26(38-23)18-7-9-20(10-8-18)31-27(34)37-17(3)4;1-4-24-31(27,28)19-11-15(22)7-10-17(19)18-12-23-20(30-18)14-5-8-16(9-6-14)25-21(26)29-13(2)3;1-2-9-8-6-4-3-5-7-8;3*1-2-5-3-4-6(7)9-8-5;5-3-1-2-4(6)8-7-3/h11-18,20,29H,5-10H2,1-4H3,(H,30,33)(H,31,34);7,10-14,16,24H,4-6,8-9H2,1-3H3,(H,25,26);2-7H,1H2;2*3-4H,2H2,1H3,(H2,7,9);2-4H,1H2,(H2,7,9);1-2H,(H2,6,8). The van der Waals surface area contributed by atoms with E-state index in [2.05, 4.69) is 131 Å². The van der Waals surface area contributed by atoms with Crippen molar-refractivity contribution in [1.82, 2.24) is 81.0 Å². The fraction of sp³-hybridized carbons (Fsp3) is 0.359. The largest absolute Gasteiger partial charge is 0.447 e. The molecule has 7 aromatic heterocycles. The zero-order chi connectivity index (χ0) is 83.2. The van der Waals surface area contributed by atoms with E-state index in [-0.39, 0.29) is 58.7 Å². The van der Waals surface area contributed by atoms with Crippen molar-refractivity contribution in [3.05, 3.63) is 201 Å². The van der Waals surface area contributed by atoms with Crippen LogP contribution in [0, 0.1) is 0 Å². The van der Waals surface area contributed by atoms with Crippen molar-refractivity contribution in [1.29, 1.82) is 0 Å². The van der Waals surface area contributed by atoms with Crippen LogP contribution < -0.4 is 53.8 Å². The van der Waals surface area contributed by atoms with E-state index in [1.165, 1.54) is 28.1 Å². The minimum Gasteiger partial charge on any atom is -0.447 e. The third kappa shape index (κ3) is 32.6. The number of alkyl carbamates (subject to hydrolysis) is 2. The van der Waals surface area contributed by atoms with Gasteiger partial charge in [-0.15, -0.1) is 70.9 Å². The monoisotopic (exact) mass is 1760 g/mol. The summed E-state index contributed by atoms with van der Waals surface area (Å²) in [6.07, 6.45) is 13.8. The topological polar surface area (TPSA) is 440 Å². The number of ether oxygens (including phenoxy) is 2. The molecule has 3 aromatic carbocycles. The lowest BCUT2D eigenvalue weighted by atomic mass is 9.71. The van der Waals surface area contributed by atoms with Gasteiger partial charge in [-0.1, -0.05) is 105 Å². The van der Waals surface area contributed by atoms with E-state index in [0.717, 1.165) is 113 Å². The molecule has 7 heterocycles. The first-order valence-electron chi connectivity index (χ1n) is 37.1. The molecular formula is C78H101BBr2N21O8S4. The molecule has 2 saturated carbocycles. The van der Waals surface area contributed by atoms with Crippen LogP contribution in [0.25, 0.3) is 27.0 Å². The summed E-state index contributed by atoms with van der Waals surface area (Å²) in [6.45, 7) is 24.6. The van der Waals surface area contributed by atoms with Crippen LogP contribution in [0.5, 0.6) is 0 Å². The summed E-state index contributed by atoms with van der Waals surface area (Å²) in [7, 11) is -5.39. The lowest BCUT2D eigenvalue weighted by Crippen LogP contribution is -2.38. The number of rotatable bonds is 22. The number of hydrogen-bond acceptors (Lipinski definition) is 27. The van der Waals surface area contributed by atoms with E-state index in [1.807, 2.05) is 129 Å². The van der Waals surface area contributed by atoms with Gasteiger partial charge in [0.15, 0.2) is 13.1 Å². The first-order chi connectivity index (χ1) is 54.6. The molecule has 12 rings (SSSR count). The van der Waals surface area contributed by atoms with E-state index < -0.39 is 20.0 Å². The van der Waals surface area contributed by atoms with E-state index in [0.29, 0.717) is 67.4 Å². The SMILES string of the molecule is C=C[B]c1ccccc1.C=Cc1ccc(N)nn1.CCNS(=O)(=O)c1cc(Br)ccc1-c1cnc(C2CCC(NC(=O)OC(C)C)CC2)s1.CCNS(=O)(=O)c1cc(Nc2ccc(CC)nn2)ccc1-c1cnc(C2CCC(NC(=O)OC(C)C)CC2)s1.CCc1ccc(N)nn1.CCc1ccc(N)nn1.Nc1ccc(Br)nn1. The smallest absolute Gasteiger partial charge is 0.407 e. The minimum atomic E-state index is -3.76. The van der Waals surface area contributed by atoms with Gasteiger partial charge in [0.05, 0.1) is 64.5 Å². The Morgan fingerprint density at radius 1 is 0.526 bits per heavy atom. The molecule has 2 aliphatic rings. The molecule has 114 heavy (non-hydrogen) atoms. The predicted octanol–water partition coefficient (Wildman–Crippen LogP) is 14.3. The van der Waals surface area contributed by atoms with Gasteiger partial charge in [-0.2, -0.15) is 15.3 Å². The Kier molecular flexibility index (Phi) is 39.5. The number of aromatic nitrogens is 12. The van der Waals surface area contributed by atoms with Gasteiger partial charge in [0, 0.05) is 70.7 Å². The highest BCUT2D eigenvalue weighted by molar-refractivity contribution is 9.10. The Hall–Kier alpha value is -9.82. The fourth-order valence-electron chi connectivity index (χ4n) is 10.9. The zero-order valence-corrected chi connectivity index (χ0v) is 71.9. The molecule has 0 bridgehead atoms. The number of amides is 2. The average molecular weight is 1760 g/mol. The third-order valence-electron chi connectivity index (χ3n) is 16.5. The lowest BCUT2D eigenvalue weighted by molar-refractivity contribution is 0.108. The second-order valence-corrected chi connectivity index (χ2v) is 33.3. The summed E-state index contributed by atoms with van der Waals surface area (Å²) in [6, 6.07) is 38.7. The number of hydrogen-bond donors (Lipinski definition) is 9. The molecule has 10 aromatic rings. The van der Waals surface area contributed by atoms with Gasteiger partial charge in [-0.3, -0.25) is 0 Å². The van der Waals surface area contributed by atoms with Gasteiger partial charge in [-0.25, -0.2) is 45.8 Å². The molecule has 0 unspecified atom stereocenters. The second kappa shape index (κ2) is 48.4. The number of carbonyl (C=O) groups excluding carboxylic acids is 2. The summed E-state index contributed by atoms with van der Waals surface area (Å²) in [5.41, 5.74) is 27.7.